The molecule has 1 fully saturated rings. The minimum absolute atomic E-state index is 0.0485. The van der Waals surface area contributed by atoms with Gasteiger partial charge in [0, 0.05) is 32.4 Å². The van der Waals surface area contributed by atoms with Crippen LogP contribution in [0.1, 0.15) is 29.6 Å². The summed E-state index contributed by atoms with van der Waals surface area (Å²) < 4.78 is 7.21. The van der Waals surface area contributed by atoms with Crippen molar-refractivity contribution in [3.05, 3.63) is 30.1 Å². The summed E-state index contributed by atoms with van der Waals surface area (Å²) >= 11 is 0. The highest BCUT2D eigenvalue weighted by Gasteiger charge is 2.24. The number of aromatic nitrogens is 3. The van der Waals surface area contributed by atoms with Crippen molar-refractivity contribution in [1.82, 2.24) is 14.8 Å². The first-order valence-corrected chi connectivity index (χ1v) is 9.01. The molecule has 1 saturated heterocycles. The van der Waals surface area contributed by atoms with E-state index in [0.29, 0.717) is 16.8 Å². The van der Waals surface area contributed by atoms with Gasteiger partial charge in [-0.25, -0.2) is 0 Å². The summed E-state index contributed by atoms with van der Waals surface area (Å²) in [5.74, 6) is 0.537. The predicted molar refractivity (Wildman–Crippen MR) is 104 cm³/mol. The second kappa shape index (κ2) is 6.92. The fraction of sp³-hybridized carbons (Fsp3) is 0.389. The Morgan fingerprint density at radius 1 is 1.37 bits per heavy atom. The second-order valence-electron chi connectivity index (χ2n) is 6.83. The molecule has 9 nitrogen and oxygen atoms in total. The fourth-order valence-electron chi connectivity index (χ4n) is 3.58. The molecule has 1 aliphatic rings. The molecule has 0 unspecified atom stereocenters. The molecule has 0 spiro atoms. The molecule has 9 heteroatoms. The molecule has 0 aromatic carbocycles. The third-order valence-electron chi connectivity index (χ3n) is 4.93. The van der Waals surface area contributed by atoms with E-state index in [2.05, 4.69) is 20.3 Å². The van der Waals surface area contributed by atoms with E-state index in [4.69, 9.17) is 15.9 Å². The van der Waals surface area contributed by atoms with Crippen molar-refractivity contribution in [2.75, 3.05) is 29.0 Å². The largest absolute Gasteiger partial charge is 0.438 e. The molecular weight excluding hydrogens is 346 g/mol. The number of rotatable bonds is 3. The highest BCUT2D eigenvalue weighted by Crippen LogP contribution is 2.30. The first-order chi connectivity index (χ1) is 13.0. The number of carbonyl (C=O) groups excluding carboxylic acids is 1. The summed E-state index contributed by atoms with van der Waals surface area (Å²) in [4.78, 5) is 19.3. The van der Waals surface area contributed by atoms with E-state index in [0.717, 1.165) is 38.2 Å². The Balaban J connectivity index is 1.63. The Kier molecular flexibility index (Phi) is 4.44. The van der Waals surface area contributed by atoms with Gasteiger partial charge < -0.3 is 26.1 Å². The van der Waals surface area contributed by atoms with Crippen LogP contribution in [0.2, 0.25) is 0 Å². The van der Waals surface area contributed by atoms with Gasteiger partial charge in [0.25, 0.3) is 5.91 Å². The van der Waals surface area contributed by atoms with Crippen LogP contribution in [0.3, 0.4) is 0 Å². The minimum atomic E-state index is -0.370. The van der Waals surface area contributed by atoms with E-state index in [-0.39, 0.29) is 23.4 Å². The van der Waals surface area contributed by atoms with Crippen molar-refractivity contribution in [2.45, 2.75) is 25.3 Å². The van der Waals surface area contributed by atoms with E-state index in [1.165, 1.54) is 0 Å². The Labute approximate surface area is 156 Å². The Morgan fingerprint density at radius 2 is 2.22 bits per heavy atom. The zero-order valence-corrected chi connectivity index (χ0v) is 15.2. The van der Waals surface area contributed by atoms with Gasteiger partial charge >= 0.3 is 0 Å². The smallest absolute Gasteiger partial charge is 0.263 e. The number of fused-ring (bicyclic) bond motifs is 1. The molecule has 142 valence electrons. The average molecular weight is 369 g/mol. The van der Waals surface area contributed by atoms with E-state index in [1.54, 1.807) is 29.2 Å². The molecule has 0 radical (unpaired) electrons. The number of nitrogens with one attached hydrogen (secondary N) is 1. The Morgan fingerprint density at radius 3 is 3.07 bits per heavy atom. The maximum absolute atomic E-state index is 12.9. The second-order valence-corrected chi connectivity index (χ2v) is 6.83. The number of aryl methyl sites for hydroxylation is 1. The van der Waals surface area contributed by atoms with E-state index in [1.807, 2.05) is 7.05 Å². The normalized spacial score (nSPS) is 17.9. The molecular formula is C18H23N7O2. The molecule has 27 heavy (non-hydrogen) atoms. The molecule has 5 N–H and O–H groups in total. The molecule has 1 amide bonds. The lowest BCUT2D eigenvalue weighted by Crippen LogP contribution is -2.29. The summed E-state index contributed by atoms with van der Waals surface area (Å²) in [6, 6.07) is 3.67. The van der Waals surface area contributed by atoms with E-state index >= 15 is 0 Å². The third kappa shape index (κ3) is 3.21. The molecule has 1 atom stereocenters. The van der Waals surface area contributed by atoms with Gasteiger partial charge in [0.1, 0.15) is 16.8 Å². The summed E-state index contributed by atoms with van der Waals surface area (Å²) in [7, 11) is 1.86. The van der Waals surface area contributed by atoms with Crippen molar-refractivity contribution >= 4 is 34.4 Å². The zero-order valence-electron chi connectivity index (χ0n) is 15.2. The lowest BCUT2D eigenvalue weighted by Gasteiger charge is -2.24. The van der Waals surface area contributed by atoms with Crippen LogP contribution in [0.15, 0.2) is 28.9 Å². The van der Waals surface area contributed by atoms with Gasteiger partial charge in [0.2, 0.25) is 5.88 Å². The van der Waals surface area contributed by atoms with Crippen molar-refractivity contribution in [2.24, 2.45) is 12.8 Å². The highest BCUT2D eigenvalue weighted by atomic mass is 16.3. The maximum Gasteiger partial charge on any atom is 0.263 e. The van der Waals surface area contributed by atoms with Crippen LogP contribution in [0.4, 0.5) is 17.4 Å². The van der Waals surface area contributed by atoms with Crippen LogP contribution >= 0.6 is 0 Å². The van der Waals surface area contributed by atoms with Crippen LogP contribution in [0.25, 0.3) is 11.1 Å². The number of pyridine rings is 1. The van der Waals surface area contributed by atoms with Crippen LogP contribution in [-0.2, 0) is 7.05 Å². The average Bonchev–Trinajstić information content (AvgIpc) is 3.08. The molecule has 0 saturated carbocycles. The van der Waals surface area contributed by atoms with Crippen molar-refractivity contribution in [1.29, 1.82) is 0 Å². The number of hydrogen-bond acceptors (Lipinski definition) is 7. The summed E-state index contributed by atoms with van der Waals surface area (Å²) in [6.07, 6.45) is 6.15. The van der Waals surface area contributed by atoms with Gasteiger partial charge in [-0.15, -0.1) is 0 Å². The lowest BCUT2D eigenvalue weighted by molar-refractivity contribution is 0.102. The zero-order chi connectivity index (χ0) is 19.0. The molecule has 4 heterocycles. The number of amides is 1. The number of hydrogen-bond donors (Lipinski definition) is 3. The van der Waals surface area contributed by atoms with Crippen molar-refractivity contribution < 1.29 is 9.21 Å². The number of nitrogens with two attached hydrogens (primary N) is 2. The first kappa shape index (κ1) is 17.3. The van der Waals surface area contributed by atoms with Crippen molar-refractivity contribution in [3.8, 4) is 0 Å². The van der Waals surface area contributed by atoms with E-state index in [9.17, 15) is 4.79 Å². The molecule has 1 aliphatic heterocycles. The number of furan rings is 1. The first-order valence-electron chi connectivity index (χ1n) is 9.01. The van der Waals surface area contributed by atoms with Crippen LogP contribution in [-0.4, -0.2) is 39.8 Å². The maximum atomic E-state index is 12.9. The van der Waals surface area contributed by atoms with Crippen LogP contribution < -0.4 is 21.7 Å². The fourth-order valence-corrected chi connectivity index (χ4v) is 3.58. The predicted octanol–water partition coefficient (Wildman–Crippen LogP) is 1.71. The minimum Gasteiger partial charge on any atom is -0.438 e. The standard InChI is InChI=1S/C18H23N7O2/c1-24-18(25-8-3-4-11(19)6-9-25)12(10-22-24)23-17(26)14-15-13(27-16(14)20)5-2-7-21-15/h2,5,7,10-11H,3-4,6,8-9,19-20H2,1H3,(H,23,26)/t11-/m0/s1. The van der Waals surface area contributed by atoms with Gasteiger partial charge in [0.15, 0.2) is 11.4 Å². The molecule has 0 aliphatic carbocycles. The monoisotopic (exact) mass is 369 g/mol. The van der Waals surface area contributed by atoms with Gasteiger partial charge in [-0.1, -0.05) is 0 Å². The summed E-state index contributed by atoms with van der Waals surface area (Å²) in [6.45, 7) is 1.69. The summed E-state index contributed by atoms with van der Waals surface area (Å²) in [5, 5.41) is 7.24. The number of anilines is 3. The molecule has 3 aromatic heterocycles. The van der Waals surface area contributed by atoms with Crippen LogP contribution in [0, 0.1) is 0 Å². The van der Waals surface area contributed by atoms with Crippen molar-refractivity contribution in [3.63, 3.8) is 0 Å². The molecule has 3 aromatic rings. The topological polar surface area (TPSA) is 128 Å². The highest BCUT2D eigenvalue weighted by molar-refractivity contribution is 6.15. The molecule has 4 rings (SSSR count). The molecule has 0 bridgehead atoms. The Bertz CT molecular complexity index is 977. The quantitative estimate of drug-likeness (QED) is 0.641. The van der Waals surface area contributed by atoms with Gasteiger partial charge in [-0.05, 0) is 31.4 Å². The third-order valence-corrected chi connectivity index (χ3v) is 4.93. The number of carbonyl (C=O) groups is 1. The number of nitrogen functional groups attached to an aromatic ring is 1. The van der Waals surface area contributed by atoms with Gasteiger partial charge in [-0.2, -0.15) is 5.10 Å². The van der Waals surface area contributed by atoms with Crippen LogP contribution in [0.5, 0.6) is 0 Å². The number of nitrogens with zero attached hydrogens (tertiary/aromatic N) is 4. The van der Waals surface area contributed by atoms with Gasteiger partial charge in [-0.3, -0.25) is 14.5 Å². The SMILES string of the molecule is Cn1ncc(NC(=O)c2c(N)oc3cccnc23)c1N1CCC[C@H](N)CC1. The summed E-state index contributed by atoms with van der Waals surface area (Å²) in [5.41, 5.74) is 13.8. The van der Waals surface area contributed by atoms with Gasteiger partial charge in [0.05, 0.1) is 6.20 Å². The Hall–Kier alpha value is -3.07. The van der Waals surface area contributed by atoms with E-state index < -0.39 is 0 Å². The lowest BCUT2D eigenvalue weighted by atomic mass is 10.1.